The molecule has 0 aliphatic carbocycles. The number of hydrogen-bond donors (Lipinski definition) is 1. The van der Waals surface area contributed by atoms with Gasteiger partial charge < -0.3 is 19.7 Å². The zero-order chi connectivity index (χ0) is 15.8. The summed E-state index contributed by atoms with van der Waals surface area (Å²) in [5, 5.41) is 2.59. The summed E-state index contributed by atoms with van der Waals surface area (Å²) in [4.78, 5) is 24.7. The van der Waals surface area contributed by atoms with E-state index in [1.807, 2.05) is 25.1 Å². The first-order chi connectivity index (χ1) is 9.99. The van der Waals surface area contributed by atoms with Gasteiger partial charge in [-0.05, 0) is 31.5 Å². The summed E-state index contributed by atoms with van der Waals surface area (Å²) >= 11 is 0. The monoisotopic (exact) mass is 294 g/mol. The Morgan fingerprint density at radius 2 is 2.05 bits per heavy atom. The molecule has 1 aromatic rings. The molecule has 0 saturated carbocycles. The van der Waals surface area contributed by atoms with Crippen molar-refractivity contribution in [2.75, 3.05) is 31.7 Å². The maximum Gasteiger partial charge on any atom is 0.407 e. The fraction of sp³-hybridized carbons (Fsp3) is 0.467. The molecule has 116 valence electrons. The van der Waals surface area contributed by atoms with Crippen LogP contribution in [0.5, 0.6) is 5.75 Å². The van der Waals surface area contributed by atoms with Crippen LogP contribution in [0.25, 0.3) is 0 Å². The number of hydrogen-bond acceptors (Lipinski definition) is 4. The van der Waals surface area contributed by atoms with E-state index < -0.39 is 6.09 Å². The van der Waals surface area contributed by atoms with E-state index in [0.717, 1.165) is 5.56 Å². The largest absolute Gasteiger partial charge is 0.495 e. The zero-order valence-electron chi connectivity index (χ0n) is 12.9. The minimum atomic E-state index is -0.489. The first kappa shape index (κ1) is 16.8. The van der Waals surface area contributed by atoms with Crippen LogP contribution in [0.15, 0.2) is 18.2 Å². The van der Waals surface area contributed by atoms with E-state index >= 15 is 0 Å². The average Bonchev–Trinajstić information content (AvgIpc) is 2.43. The van der Waals surface area contributed by atoms with E-state index in [9.17, 15) is 9.59 Å². The van der Waals surface area contributed by atoms with Gasteiger partial charge in [0.2, 0.25) is 5.91 Å². The molecule has 0 unspecified atom stereocenters. The maximum absolute atomic E-state index is 11.9. The molecule has 0 radical (unpaired) electrons. The quantitative estimate of drug-likeness (QED) is 0.872. The number of nitrogens with zero attached hydrogens (tertiary/aromatic N) is 1. The van der Waals surface area contributed by atoms with Gasteiger partial charge in [-0.2, -0.15) is 0 Å². The van der Waals surface area contributed by atoms with E-state index in [0.29, 0.717) is 31.1 Å². The lowest BCUT2D eigenvalue weighted by atomic mass is 10.2. The Morgan fingerprint density at radius 3 is 2.62 bits per heavy atom. The lowest BCUT2D eigenvalue weighted by Crippen LogP contribution is -2.38. The average molecular weight is 294 g/mol. The van der Waals surface area contributed by atoms with Crippen molar-refractivity contribution in [1.29, 1.82) is 0 Å². The second kappa shape index (κ2) is 8.14. The third kappa shape index (κ3) is 4.98. The maximum atomic E-state index is 11.9. The molecule has 21 heavy (non-hydrogen) atoms. The van der Waals surface area contributed by atoms with Gasteiger partial charge in [-0.1, -0.05) is 6.07 Å². The van der Waals surface area contributed by atoms with Crippen molar-refractivity contribution in [2.45, 2.75) is 20.8 Å². The van der Waals surface area contributed by atoms with Crippen molar-refractivity contribution >= 4 is 17.7 Å². The lowest BCUT2D eigenvalue weighted by molar-refractivity contribution is -0.116. The van der Waals surface area contributed by atoms with Crippen molar-refractivity contribution in [1.82, 2.24) is 5.32 Å². The first-order valence-corrected chi connectivity index (χ1v) is 6.83. The molecule has 0 aromatic heterocycles. The van der Waals surface area contributed by atoms with Crippen molar-refractivity contribution in [3.63, 3.8) is 0 Å². The number of amides is 2. The van der Waals surface area contributed by atoms with Crippen molar-refractivity contribution in [3.05, 3.63) is 23.8 Å². The van der Waals surface area contributed by atoms with Gasteiger partial charge in [-0.25, -0.2) is 4.79 Å². The SMILES string of the molecule is CCOC(=O)NCCN(C(C)=O)c1cc(C)ccc1OC. The number of methoxy groups -OCH3 is 1. The smallest absolute Gasteiger partial charge is 0.407 e. The zero-order valence-corrected chi connectivity index (χ0v) is 12.9. The highest BCUT2D eigenvalue weighted by Crippen LogP contribution is 2.29. The molecule has 0 fully saturated rings. The van der Waals surface area contributed by atoms with E-state index in [-0.39, 0.29) is 5.91 Å². The summed E-state index contributed by atoms with van der Waals surface area (Å²) in [6.07, 6.45) is -0.489. The highest BCUT2D eigenvalue weighted by Gasteiger charge is 2.16. The van der Waals surface area contributed by atoms with Gasteiger partial charge in [0, 0.05) is 20.0 Å². The normalized spacial score (nSPS) is 9.90. The molecule has 6 heteroatoms. The molecule has 1 N–H and O–H groups in total. The predicted octanol–water partition coefficient (Wildman–Crippen LogP) is 2.10. The van der Waals surface area contributed by atoms with Crippen LogP contribution in [0.1, 0.15) is 19.4 Å². The summed E-state index contributed by atoms with van der Waals surface area (Å²) in [6, 6.07) is 5.61. The van der Waals surface area contributed by atoms with E-state index in [1.54, 1.807) is 18.9 Å². The molecule has 0 aliphatic heterocycles. The van der Waals surface area contributed by atoms with Gasteiger partial charge in [0.15, 0.2) is 0 Å². The Bertz CT molecular complexity index is 502. The van der Waals surface area contributed by atoms with Crippen LogP contribution >= 0.6 is 0 Å². The number of benzene rings is 1. The van der Waals surface area contributed by atoms with Crippen molar-refractivity contribution in [3.8, 4) is 5.75 Å². The molecule has 0 atom stereocenters. The standard InChI is InChI=1S/C15H22N2O4/c1-5-21-15(19)16-8-9-17(12(3)18)13-10-11(2)6-7-14(13)20-4/h6-7,10H,5,8-9H2,1-4H3,(H,16,19). The Labute approximate surface area is 125 Å². The summed E-state index contributed by atoms with van der Waals surface area (Å²) in [5.41, 5.74) is 1.71. The van der Waals surface area contributed by atoms with Crippen LogP contribution < -0.4 is 15.0 Å². The van der Waals surface area contributed by atoms with Crippen LogP contribution in [0.4, 0.5) is 10.5 Å². The minimum Gasteiger partial charge on any atom is -0.495 e. The van der Waals surface area contributed by atoms with Crippen LogP contribution in [0.2, 0.25) is 0 Å². The Morgan fingerprint density at radius 1 is 1.33 bits per heavy atom. The third-order valence-corrected chi connectivity index (χ3v) is 2.89. The van der Waals surface area contributed by atoms with Crippen LogP contribution in [-0.2, 0) is 9.53 Å². The number of ether oxygens (including phenoxy) is 2. The third-order valence-electron chi connectivity index (χ3n) is 2.89. The van der Waals surface area contributed by atoms with Gasteiger partial charge in [-0.15, -0.1) is 0 Å². The molecule has 1 aromatic carbocycles. The number of carbonyl (C=O) groups is 2. The van der Waals surface area contributed by atoms with E-state index in [1.165, 1.54) is 6.92 Å². The topological polar surface area (TPSA) is 67.9 Å². The second-order valence-corrected chi connectivity index (χ2v) is 4.49. The highest BCUT2D eigenvalue weighted by atomic mass is 16.5. The summed E-state index contributed by atoms with van der Waals surface area (Å²) in [6.45, 7) is 6.11. The molecule has 2 amide bonds. The molecule has 0 aliphatic rings. The van der Waals surface area contributed by atoms with Crippen LogP contribution in [-0.4, -0.2) is 38.8 Å². The molecule has 0 spiro atoms. The molecular formula is C15H22N2O4. The highest BCUT2D eigenvalue weighted by molar-refractivity contribution is 5.93. The summed E-state index contributed by atoms with van der Waals surface area (Å²) in [7, 11) is 1.56. The minimum absolute atomic E-state index is 0.121. The van der Waals surface area contributed by atoms with Crippen LogP contribution in [0.3, 0.4) is 0 Å². The fourth-order valence-electron chi connectivity index (χ4n) is 1.91. The second-order valence-electron chi connectivity index (χ2n) is 4.49. The summed E-state index contributed by atoms with van der Waals surface area (Å²) in [5.74, 6) is 0.497. The van der Waals surface area contributed by atoms with Crippen molar-refractivity contribution in [2.24, 2.45) is 0 Å². The Balaban J connectivity index is 2.80. The first-order valence-electron chi connectivity index (χ1n) is 6.83. The Hall–Kier alpha value is -2.24. The van der Waals surface area contributed by atoms with Gasteiger partial charge in [-0.3, -0.25) is 4.79 Å². The van der Waals surface area contributed by atoms with E-state index in [4.69, 9.17) is 9.47 Å². The van der Waals surface area contributed by atoms with Gasteiger partial charge in [0.25, 0.3) is 0 Å². The molecule has 0 heterocycles. The van der Waals surface area contributed by atoms with Crippen molar-refractivity contribution < 1.29 is 19.1 Å². The van der Waals surface area contributed by atoms with E-state index in [2.05, 4.69) is 5.32 Å². The number of carbonyl (C=O) groups excluding carboxylic acids is 2. The molecular weight excluding hydrogens is 272 g/mol. The van der Waals surface area contributed by atoms with Crippen LogP contribution in [0, 0.1) is 6.92 Å². The lowest BCUT2D eigenvalue weighted by Gasteiger charge is -2.23. The predicted molar refractivity (Wildman–Crippen MR) is 80.8 cm³/mol. The van der Waals surface area contributed by atoms with Gasteiger partial charge in [0.1, 0.15) is 5.75 Å². The molecule has 0 saturated heterocycles. The Kier molecular flexibility index (Phi) is 6.52. The number of anilines is 1. The molecule has 0 bridgehead atoms. The van der Waals surface area contributed by atoms with Gasteiger partial charge >= 0.3 is 6.09 Å². The molecule has 1 rings (SSSR count). The number of alkyl carbamates (subject to hydrolysis) is 1. The van der Waals surface area contributed by atoms with Gasteiger partial charge in [0.05, 0.1) is 19.4 Å². The fourth-order valence-corrected chi connectivity index (χ4v) is 1.91. The number of nitrogens with one attached hydrogen (secondary N) is 1. The number of aryl methyl sites for hydroxylation is 1. The summed E-state index contributed by atoms with van der Waals surface area (Å²) < 4.78 is 10.1. The molecule has 6 nitrogen and oxygen atoms in total. The number of rotatable bonds is 6.